The van der Waals surface area contributed by atoms with E-state index in [0.29, 0.717) is 13.1 Å². The molecule has 9 heteroatoms. The summed E-state index contributed by atoms with van der Waals surface area (Å²) in [6.45, 7) is 2.34. The molecule has 0 aliphatic carbocycles. The number of rotatable bonds is 6. The van der Waals surface area contributed by atoms with Gasteiger partial charge in [0.2, 0.25) is 10.0 Å². The van der Waals surface area contributed by atoms with Crippen molar-refractivity contribution < 1.29 is 27.1 Å². The minimum Gasteiger partial charge on any atom is -0.449 e. The fraction of sp³-hybridized carbons (Fsp3) is 0.300. The van der Waals surface area contributed by atoms with Crippen LogP contribution in [0.4, 0.5) is 10.1 Å². The molecule has 7 nitrogen and oxygen atoms in total. The maximum Gasteiger partial charge on any atom is 0.338 e. The quantitative estimate of drug-likeness (QED) is 0.726. The van der Waals surface area contributed by atoms with Crippen LogP contribution in [0.25, 0.3) is 0 Å². The number of anilines is 1. The first kappa shape index (κ1) is 20.9. The van der Waals surface area contributed by atoms with Gasteiger partial charge in [0.1, 0.15) is 5.82 Å². The first-order valence-electron chi connectivity index (χ1n) is 9.15. The molecule has 2 aromatic rings. The molecule has 1 atom stereocenters. The topological polar surface area (TPSA) is 92.8 Å². The highest BCUT2D eigenvalue weighted by molar-refractivity contribution is 7.89. The highest BCUT2D eigenvalue weighted by Gasteiger charge is 2.27. The van der Waals surface area contributed by atoms with E-state index < -0.39 is 33.8 Å². The van der Waals surface area contributed by atoms with Gasteiger partial charge >= 0.3 is 5.97 Å². The van der Waals surface area contributed by atoms with Crippen molar-refractivity contribution >= 4 is 27.6 Å². The average molecular weight is 420 g/mol. The Morgan fingerprint density at radius 1 is 1.07 bits per heavy atom. The van der Waals surface area contributed by atoms with Gasteiger partial charge in [-0.05, 0) is 56.2 Å². The smallest absolute Gasteiger partial charge is 0.338 e. The molecule has 0 bridgehead atoms. The van der Waals surface area contributed by atoms with Crippen LogP contribution in [-0.4, -0.2) is 43.8 Å². The number of sulfonamides is 1. The molecule has 0 spiro atoms. The summed E-state index contributed by atoms with van der Waals surface area (Å²) < 4.78 is 45.1. The first-order chi connectivity index (χ1) is 13.8. The van der Waals surface area contributed by atoms with Gasteiger partial charge in [0.15, 0.2) is 6.10 Å². The zero-order valence-electron chi connectivity index (χ0n) is 15.8. The molecule has 1 amide bonds. The largest absolute Gasteiger partial charge is 0.449 e. The summed E-state index contributed by atoms with van der Waals surface area (Å²) in [5.41, 5.74) is 0.0905. The molecule has 1 aliphatic rings. The third kappa shape index (κ3) is 4.80. The third-order valence-corrected chi connectivity index (χ3v) is 6.49. The van der Waals surface area contributed by atoms with Gasteiger partial charge in [-0.15, -0.1) is 0 Å². The highest BCUT2D eigenvalue weighted by Crippen LogP contribution is 2.21. The van der Waals surface area contributed by atoms with Crippen LogP contribution in [0.15, 0.2) is 53.4 Å². The number of benzene rings is 2. The standard InChI is InChI=1S/C20H21FN2O5S/c1-14(19(24)22-18-7-3-2-6-17(18)21)28-20(25)15-8-10-16(11-9-15)29(26,27)23-12-4-5-13-23/h2-3,6-11,14H,4-5,12-13H2,1H3,(H,22,24)/t14-/m0/s1. The lowest BCUT2D eigenvalue weighted by Gasteiger charge is -2.16. The number of nitrogens with zero attached hydrogens (tertiary/aromatic N) is 1. The Labute approximate surface area is 168 Å². The zero-order valence-corrected chi connectivity index (χ0v) is 16.6. The van der Waals surface area contributed by atoms with Crippen molar-refractivity contribution in [2.75, 3.05) is 18.4 Å². The SMILES string of the molecule is C[C@H](OC(=O)c1ccc(S(=O)(=O)N2CCCC2)cc1)C(=O)Nc1ccccc1F. The maximum absolute atomic E-state index is 13.6. The molecule has 2 aromatic carbocycles. The minimum atomic E-state index is -3.57. The number of amides is 1. The number of esters is 1. The molecule has 154 valence electrons. The van der Waals surface area contributed by atoms with E-state index in [4.69, 9.17) is 4.74 Å². The third-order valence-electron chi connectivity index (χ3n) is 4.58. The molecule has 3 rings (SSSR count). The average Bonchev–Trinajstić information content (AvgIpc) is 3.25. The van der Waals surface area contributed by atoms with Gasteiger partial charge in [0.05, 0.1) is 16.1 Å². The summed E-state index contributed by atoms with van der Waals surface area (Å²) in [6.07, 6.45) is 0.488. The van der Waals surface area contributed by atoms with Gasteiger partial charge in [-0.1, -0.05) is 12.1 Å². The number of hydrogen-bond acceptors (Lipinski definition) is 5. The zero-order chi connectivity index (χ0) is 21.0. The monoisotopic (exact) mass is 420 g/mol. The number of hydrogen-bond donors (Lipinski definition) is 1. The van der Waals surface area contributed by atoms with Gasteiger partial charge < -0.3 is 10.1 Å². The van der Waals surface area contributed by atoms with E-state index in [0.717, 1.165) is 12.8 Å². The highest BCUT2D eigenvalue weighted by atomic mass is 32.2. The Morgan fingerprint density at radius 3 is 2.31 bits per heavy atom. The van der Waals surface area contributed by atoms with Gasteiger partial charge in [-0.25, -0.2) is 17.6 Å². The molecule has 29 heavy (non-hydrogen) atoms. The summed E-state index contributed by atoms with van der Waals surface area (Å²) in [5, 5.41) is 2.35. The fourth-order valence-electron chi connectivity index (χ4n) is 2.92. The number of halogens is 1. The van der Waals surface area contributed by atoms with Crippen LogP contribution in [-0.2, 0) is 19.6 Å². The second-order valence-electron chi connectivity index (χ2n) is 6.65. The predicted molar refractivity (Wildman–Crippen MR) is 104 cm³/mol. The van der Waals surface area contributed by atoms with Crippen LogP contribution < -0.4 is 5.32 Å². The molecular formula is C20H21FN2O5S. The van der Waals surface area contributed by atoms with E-state index in [-0.39, 0.29) is 16.1 Å². The maximum atomic E-state index is 13.6. The Bertz CT molecular complexity index is 1000. The second kappa shape index (κ2) is 8.71. The van der Waals surface area contributed by atoms with Gasteiger partial charge in [-0.3, -0.25) is 4.79 Å². The lowest BCUT2D eigenvalue weighted by Crippen LogP contribution is -2.30. The molecule has 0 aromatic heterocycles. The Kier molecular flexibility index (Phi) is 6.29. The second-order valence-corrected chi connectivity index (χ2v) is 8.59. The van der Waals surface area contributed by atoms with E-state index in [2.05, 4.69) is 5.32 Å². The summed E-state index contributed by atoms with van der Waals surface area (Å²) in [5.74, 6) is -2.07. The molecule has 1 saturated heterocycles. The summed E-state index contributed by atoms with van der Waals surface area (Å²) in [6, 6.07) is 11.0. The molecule has 0 radical (unpaired) electrons. The number of carbonyl (C=O) groups is 2. The van der Waals surface area contributed by atoms with Crippen LogP contribution in [0.3, 0.4) is 0 Å². The van der Waals surface area contributed by atoms with Gasteiger partial charge in [0, 0.05) is 13.1 Å². The van der Waals surface area contributed by atoms with Crippen molar-refractivity contribution in [2.24, 2.45) is 0 Å². The van der Waals surface area contributed by atoms with Crippen LogP contribution in [0, 0.1) is 5.82 Å². The van der Waals surface area contributed by atoms with Crippen molar-refractivity contribution in [3.63, 3.8) is 0 Å². The Balaban J connectivity index is 1.63. The van der Waals surface area contributed by atoms with Crippen molar-refractivity contribution in [3.05, 3.63) is 59.9 Å². The lowest BCUT2D eigenvalue weighted by atomic mass is 10.2. The number of para-hydroxylation sites is 1. The molecular weight excluding hydrogens is 399 g/mol. The van der Waals surface area contributed by atoms with E-state index in [9.17, 15) is 22.4 Å². The van der Waals surface area contributed by atoms with E-state index >= 15 is 0 Å². The summed E-state index contributed by atoms with van der Waals surface area (Å²) >= 11 is 0. The first-order valence-corrected chi connectivity index (χ1v) is 10.6. The van der Waals surface area contributed by atoms with Crippen LogP contribution in [0.2, 0.25) is 0 Å². The number of carbonyl (C=O) groups excluding carboxylic acids is 2. The van der Waals surface area contributed by atoms with Gasteiger partial charge in [-0.2, -0.15) is 4.31 Å². The molecule has 1 N–H and O–H groups in total. The van der Waals surface area contributed by atoms with Crippen molar-refractivity contribution in [3.8, 4) is 0 Å². The number of nitrogens with one attached hydrogen (secondary N) is 1. The van der Waals surface area contributed by atoms with E-state index in [1.165, 1.54) is 53.7 Å². The lowest BCUT2D eigenvalue weighted by molar-refractivity contribution is -0.123. The van der Waals surface area contributed by atoms with Crippen molar-refractivity contribution in [2.45, 2.75) is 30.8 Å². The predicted octanol–water partition coefficient (Wildman–Crippen LogP) is 2.79. The normalized spacial score (nSPS) is 15.7. The molecule has 1 heterocycles. The van der Waals surface area contributed by atoms with Gasteiger partial charge in [0.25, 0.3) is 5.91 Å². The molecule has 1 fully saturated rings. The summed E-state index contributed by atoms with van der Waals surface area (Å²) in [4.78, 5) is 24.5. The molecule has 1 aliphatic heterocycles. The minimum absolute atomic E-state index is 0.0168. The Hall–Kier alpha value is -2.78. The Morgan fingerprint density at radius 2 is 1.69 bits per heavy atom. The van der Waals surface area contributed by atoms with Crippen LogP contribution in [0.1, 0.15) is 30.1 Å². The van der Waals surface area contributed by atoms with E-state index in [1.54, 1.807) is 6.07 Å². The van der Waals surface area contributed by atoms with Crippen molar-refractivity contribution in [1.82, 2.24) is 4.31 Å². The van der Waals surface area contributed by atoms with E-state index in [1.807, 2.05) is 0 Å². The molecule has 0 saturated carbocycles. The summed E-state index contributed by atoms with van der Waals surface area (Å²) in [7, 11) is -3.57. The van der Waals surface area contributed by atoms with Crippen LogP contribution in [0.5, 0.6) is 0 Å². The number of ether oxygens (including phenoxy) is 1. The molecule has 0 unspecified atom stereocenters. The van der Waals surface area contributed by atoms with Crippen LogP contribution >= 0.6 is 0 Å². The fourth-order valence-corrected chi connectivity index (χ4v) is 4.44. The van der Waals surface area contributed by atoms with Crippen molar-refractivity contribution in [1.29, 1.82) is 0 Å².